The maximum Gasteiger partial charge on any atom is 0.264 e. The molecule has 4 N–H and O–H groups in total. The first-order chi connectivity index (χ1) is 19.7. The molecule has 1 aromatic carbocycles. The highest BCUT2D eigenvalue weighted by molar-refractivity contribution is 6.25. The van der Waals surface area contributed by atoms with Crippen molar-refractivity contribution in [3.63, 3.8) is 0 Å². The van der Waals surface area contributed by atoms with Crippen LogP contribution in [0.25, 0.3) is 0 Å². The van der Waals surface area contributed by atoms with E-state index in [0.717, 1.165) is 23.3 Å². The first-order valence-electron chi connectivity index (χ1n) is 14.1. The number of anilines is 1. The SMILES string of the molecule is O=C1CCC(N2C(=O)c3cccc(NCc4cnn(C5CCN(C(=O)C6(O)CCNCC6)CC5)c4)c3C2=O)C(=O)N1. The van der Waals surface area contributed by atoms with Crippen LogP contribution in [0, 0.1) is 0 Å². The van der Waals surface area contributed by atoms with Gasteiger partial charge in [-0.2, -0.15) is 5.10 Å². The molecule has 0 saturated carbocycles. The van der Waals surface area contributed by atoms with Crippen LogP contribution in [-0.4, -0.2) is 92.0 Å². The first kappa shape index (κ1) is 27.1. The number of hydrogen-bond acceptors (Lipinski definition) is 9. The fourth-order valence-corrected chi connectivity index (χ4v) is 6.21. The smallest absolute Gasteiger partial charge is 0.264 e. The molecule has 4 aliphatic rings. The number of hydrogen-bond donors (Lipinski definition) is 4. The number of amides is 5. The maximum absolute atomic E-state index is 13.3. The van der Waals surface area contributed by atoms with E-state index in [1.807, 2.05) is 10.9 Å². The van der Waals surface area contributed by atoms with Crippen molar-refractivity contribution in [3.8, 4) is 0 Å². The summed E-state index contributed by atoms with van der Waals surface area (Å²) >= 11 is 0. The topological polar surface area (TPSA) is 166 Å². The molecular formula is C28H33N7O6. The number of benzene rings is 1. The summed E-state index contributed by atoms with van der Waals surface area (Å²) in [6, 6.07) is 4.06. The van der Waals surface area contributed by atoms with Gasteiger partial charge in [-0.25, -0.2) is 0 Å². The van der Waals surface area contributed by atoms with E-state index in [9.17, 15) is 29.1 Å². The summed E-state index contributed by atoms with van der Waals surface area (Å²) in [5.41, 5.74) is 0.512. The summed E-state index contributed by atoms with van der Waals surface area (Å²) in [4.78, 5) is 65.9. The Balaban J connectivity index is 1.08. The molecule has 13 nitrogen and oxygen atoms in total. The lowest BCUT2D eigenvalue weighted by atomic mass is 9.90. The average molecular weight is 564 g/mol. The normalized spacial score (nSPS) is 23.0. The Bertz CT molecular complexity index is 1410. The van der Waals surface area contributed by atoms with Crippen LogP contribution in [0.1, 0.15) is 70.8 Å². The van der Waals surface area contributed by atoms with Gasteiger partial charge in [0.1, 0.15) is 11.6 Å². The van der Waals surface area contributed by atoms with Crippen molar-refractivity contribution in [2.75, 3.05) is 31.5 Å². The number of rotatable bonds is 6. The van der Waals surface area contributed by atoms with Crippen LogP contribution < -0.4 is 16.0 Å². The van der Waals surface area contributed by atoms with Gasteiger partial charge in [0.25, 0.3) is 17.7 Å². The van der Waals surface area contributed by atoms with Crippen molar-refractivity contribution in [1.82, 2.24) is 30.2 Å². The number of aliphatic hydroxyl groups is 1. The predicted octanol–water partition coefficient (Wildman–Crippen LogP) is 0.174. The number of aromatic nitrogens is 2. The lowest BCUT2D eigenvalue weighted by Gasteiger charge is -2.39. The van der Waals surface area contributed by atoms with Crippen LogP contribution in [0.2, 0.25) is 0 Å². The third kappa shape index (κ3) is 4.99. The average Bonchev–Trinajstić information content (AvgIpc) is 3.55. The molecule has 0 spiro atoms. The quantitative estimate of drug-likeness (QED) is 0.359. The second-order valence-electron chi connectivity index (χ2n) is 11.2. The standard InChI is InChI=1S/C28H33N7O6/c36-22-5-4-21(24(37)32-22)35-25(38)19-2-1-3-20(23(19)26(35)39)30-14-17-15-31-34(16-17)18-6-12-33(13-7-18)27(40)28(41)8-10-29-11-9-28/h1-3,15-16,18,21,29-30,41H,4-14H2,(H,32,36,37). The molecule has 5 heterocycles. The zero-order valence-electron chi connectivity index (χ0n) is 22.6. The summed E-state index contributed by atoms with van der Waals surface area (Å²) in [5.74, 6) is -2.35. The molecule has 0 bridgehead atoms. The molecule has 4 aliphatic heterocycles. The Labute approximate surface area is 236 Å². The van der Waals surface area contributed by atoms with Gasteiger partial charge in [-0.05, 0) is 57.3 Å². The third-order valence-corrected chi connectivity index (χ3v) is 8.56. The van der Waals surface area contributed by atoms with Crippen molar-refractivity contribution in [2.24, 2.45) is 0 Å². The van der Waals surface area contributed by atoms with E-state index in [4.69, 9.17) is 0 Å². The van der Waals surface area contributed by atoms with Crippen LogP contribution in [0.5, 0.6) is 0 Å². The third-order valence-electron chi connectivity index (χ3n) is 8.56. The van der Waals surface area contributed by atoms with E-state index in [1.54, 1.807) is 29.3 Å². The molecule has 2 aromatic rings. The first-order valence-corrected chi connectivity index (χ1v) is 14.1. The van der Waals surface area contributed by atoms with Crippen molar-refractivity contribution in [3.05, 3.63) is 47.3 Å². The van der Waals surface area contributed by atoms with E-state index in [0.29, 0.717) is 51.3 Å². The molecule has 41 heavy (non-hydrogen) atoms. The van der Waals surface area contributed by atoms with Gasteiger partial charge in [0.2, 0.25) is 11.8 Å². The Morgan fingerprint density at radius 2 is 1.83 bits per heavy atom. The highest BCUT2D eigenvalue weighted by Gasteiger charge is 2.46. The van der Waals surface area contributed by atoms with E-state index in [1.165, 1.54) is 0 Å². The molecule has 0 aliphatic carbocycles. The van der Waals surface area contributed by atoms with Gasteiger partial charge in [-0.3, -0.25) is 38.9 Å². The van der Waals surface area contributed by atoms with Crippen molar-refractivity contribution >= 4 is 35.2 Å². The van der Waals surface area contributed by atoms with Crippen LogP contribution in [0.4, 0.5) is 5.69 Å². The zero-order chi connectivity index (χ0) is 28.7. The largest absolute Gasteiger partial charge is 0.380 e. The monoisotopic (exact) mass is 563 g/mol. The minimum absolute atomic E-state index is 0.0637. The minimum atomic E-state index is -1.27. The molecule has 216 valence electrons. The molecule has 0 radical (unpaired) electrons. The van der Waals surface area contributed by atoms with Gasteiger partial charge in [-0.15, -0.1) is 0 Å². The molecule has 1 aromatic heterocycles. The van der Waals surface area contributed by atoms with Gasteiger partial charge in [0.15, 0.2) is 0 Å². The van der Waals surface area contributed by atoms with Crippen molar-refractivity contribution < 1.29 is 29.1 Å². The predicted molar refractivity (Wildman–Crippen MR) is 145 cm³/mol. The highest BCUT2D eigenvalue weighted by atomic mass is 16.3. The Kier molecular flexibility index (Phi) is 7.08. The van der Waals surface area contributed by atoms with E-state index in [-0.39, 0.29) is 35.9 Å². The molecule has 5 amide bonds. The summed E-state index contributed by atoms with van der Waals surface area (Å²) in [5, 5.41) is 23.9. The zero-order valence-corrected chi connectivity index (χ0v) is 22.6. The maximum atomic E-state index is 13.3. The Hall–Kier alpha value is -4.10. The summed E-state index contributed by atoms with van der Waals surface area (Å²) in [7, 11) is 0. The summed E-state index contributed by atoms with van der Waals surface area (Å²) in [6.07, 6.45) is 6.16. The van der Waals surface area contributed by atoms with E-state index in [2.05, 4.69) is 21.0 Å². The molecule has 13 heteroatoms. The van der Waals surface area contributed by atoms with Gasteiger partial charge in [0.05, 0.1) is 23.4 Å². The van der Waals surface area contributed by atoms with Crippen molar-refractivity contribution in [1.29, 1.82) is 0 Å². The Morgan fingerprint density at radius 3 is 2.56 bits per heavy atom. The Morgan fingerprint density at radius 1 is 1.07 bits per heavy atom. The van der Waals surface area contributed by atoms with Crippen LogP contribution in [0.3, 0.4) is 0 Å². The fraction of sp³-hybridized carbons (Fsp3) is 0.500. The van der Waals surface area contributed by atoms with Gasteiger partial charge >= 0.3 is 0 Å². The number of nitrogens with one attached hydrogen (secondary N) is 3. The molecule has 3 fully saturated rings. The molecule has 3 saturated heterocycles. The second-order valence-corrected chi connectivity index (χ2v) is 11.2. The fourth-order valence-electron chi connectivity index (χ4n) is 6.21. The van der Waals surface area contributed by atoms with Crippen LogP contribution in [0.15, 0.2) is 30.6 Å². The van der Waals surface area contributed by atoms with Crippen LogP contribution in [-0.2, 0) is 20.9 Å². The lowest BCUT2D eigenvalue weighted by molar-refractivity contribution is -0.155. The molecule has 1 atom stereocenters. The number of carbonyl (C=O) groups is 5. The molecular weight excluding hydrogens is 530 g/mol. The van der Waals surface area contributed by atoms with E-state index >= 15 is 0 Å². The number of fused-ring (bicyclic) bond motifs is 1. The van der Waals surface area contributed by atoms with Gasteiger partial charge in [-0.1, -0.05) is 6.07 Å². The summed E-state index contributed by atoms with van der Waals surface area (Å²) < 4.78 is 1.90. The number of nitrogens with zero attached hydrogens (tertiary/aromatic N) is 4. The minimum Gasteiger partial charge on any atom is -0.380 e. The van der Waals surface area contributed by atoms with E-state index < -0.39 is 35.3 Å². The second kappa shape index (κ2) is 10.7. The lowest BCUT2D eigenvalue weighted by Crippen LogP contribution is -2.55. The number of imide groups is 2. The van der Waals surface area contributed by atoms with Gasteiger partial charge in [0, 0.05) is 43.5 Å². The number of likely N-dealkylation sites (tertiary alicyclic amines) is 1. The molecule has 1 unspecified atom stereocenters. The number of carbonyl (C=O) groups excluding carboxylic acids is 5. The van der Waals surface area contributed by atoms with Crippen molar-refractivity contribution in [2.45, 2.75) is 62.8 Å². The summed E-state index contributed by atoms with van der Waals surface area (Å²) in [6.45, 7) is 2.74. The van der Waals surface area contributed by atoms with Crippen LogP contribution >= 0.6 is 0 Å². The number of piperidine rings is 3. The molecule has 6 rings (SSSR count). The van der Waals surface area contributed by atoms with Gasteiger partial charge < -0.3 is 20.6 Å². The highest BCUT2D eigenvalue weighted by Crippen LogP contribution is 2.33.